The molecule has 2 saturated heterocycles. The van der Waals surface area contributed by atoms with Gasteiger partial charge >= 0.3 is 0 Å². The normalized spacial score (nSPS) is 42.2. The molecule has 2 heteroatoms. The summed E-state index contributed by atoms with van der Waals surface area (Å²) in [6, 6.07) is 3.18. The average molecular weight is 164 g/mol. The van der Waals surface area contributed by atoms with E-state index in [1.54, 1.807) is 0 Å². The van der Waals surface area contributed by atoms with Gasteiger partial charge in [0, 0.05) is 6.04 Å². The van der Waals surface area contributed by atoms with E-state index in [1.807, 2.05) is 0 Å². The van der Waals surface area contributed by atoms with Crippen molar-refractivity contribution in [1.29, 1.82) is 5.26 Å². The van der Waals surface area contributed by atoms with Crippen molar-refractivity contribution in [3.05, 3.63) is 0 Å². The third-order valence-electron chi connectivity index (χ3n) is 3.51. The number of hydrogen-bond donors (Lipinski definition) is 0. The first-order valence-electron chi connectivity index (χ1n) is 4.96. The first-order chi connectivity index (χ1) is 5.78. The van der Waals surface area contributed by atoms with Crippen LogP contribution in [0.4, 0.5) is 0 Å². The largest absolute Gasteiger partial charge is 0.283 e. The third-order valence-corrected chi connectivity index (χ3v) is 3.51. The van der Waals surface area contributed by atoms with Crippen molar-refractivity contribution in [3.63, 3.8) is 0 Å². The van der Waals surface area contributed by atoms with E-state index < -0.39 is 0 Å². The molecule has 2 fully saturated rings. The molecule has 2 unspecified atom stereocenters. The number of piperidine rings is 1. The lowest BCUT2D eigenvalue weighted by Gasteiger charge is -2.38. The maximum absolute atomic E-state index is 9.18. The lowest BCUT2D eigenvalue weighted by molar-refractivity contribution is 0.107. The minimum Gasteiger partial charge on any atom is -0.283 e. The van der Waals surface area contributed by atoms with Gasteiger partial charge in [-0.2, -0.15) is 5.26 Å². The molecule has 0 N–H and O–H groups in total. The van der Waals surface area contributed by atoms with Crippen molar-refractivity contribution in [2.24, 2.45) is 0 Å². The van der Waals surface area contributed by atoms with Gasteiger partial charge in [0.1, 0.15) is 5.54 Å². The summed E-state index contributed by atoms with van der Waals surface area (Å²) >= 11 is 0. The Hall–Kier alpha value is -0.550. The van der Waals surface area contributed by atoms with E-state index in [2.05, 4.69) is 17.9 Å². The molecule has 0 aromatic rings. The SMILES string of the molecule is CC1CCC2(C#N)CCCCN12. The van der Waals surface area contributed by atoms with Crippen molar-refractivity contribution < 1.29 is 0 Å². The Bertz CT molecular complexity index is 214. The lowest BCUT2D eigenvalue weighted by atomic mass is 9.88. The fourth-order valence-corrected chi connectivity index (χ4v) is 2.75. The highest BCUT2D eigenvalue weighted by molar-refractivity contribution is 5.14. The van der Waals surface area contributed by atoms with Crippen LogP contribution in [0.25, 0.3) is 0 Å². The van der Waals surface area contributed by atoms with Crippen LogP contribution in [0.15, 0.2) is 0 Å². The third kappa shape index (κ3) is 0.964. The van der Waals surface area contributed by atoms with E-state index in [0.29, 0.717) is 6.04 Å². The Balaban J connectivity index is 2.23. The molecule has 2 atom stereocenters. The van der Waals surface area contributed by atoms with Gasteiger partial charge in [-0.05, 0) is 45.6 Å². The van der Waals surface area contributed by atoms with Gasteiger partial charge in [-0.1, -0.05) is 0 Å². The predicted molar refractivity (Wildman–Crippen MR) is 47.6 cm³/mol. The molecule has 0 bridgehead atoms. The van der Waals surface area contributed by atoms with Gasteiger partial charge in [0.15, 0.2) is 0 Å². The molecular weight excluding hydrogens is 148 g/mol. The summed E-state index contributed by atoms with van der Waals surface area (Å²) in [5, 5.41) is 9.18. The van der Waals surface area contributed by atoms with E-state index in [-0.39, 0.29) is 5.54 Å². The van der Waals surface area contributed by atoms with E-state index in [0.717, 1.165) is 19.4 Å². The molecule has 0 aromatic carbocycles. The van der Waals surface area contributed by atoms with Gasteiger partial charge in [-0.25, -0.2) is 0 Å². The Labute approximate surface area is 74.2 Å². The number of fused-ring (bicyclic) bond motifs is 1. The van der Waals surface area contributed by atoms with Crippen LogP contribution in [0.1, 0.15) is 39.0 Å². The van der Waals surface area contributed by atoms with E-state index in [1.165, 1.54) is 19.3 Å². The Morgan fingerprint density at radius 3 is 2.92 bits per heavy atom. The number of hydrogen-bond acceptors (Lipinski definition) is 2. The van der Waals surface area contributed by atoms with Crippen molar-refractivity contribution in [2.45, 2.75) is 50.6 Å². The molecule has 0 spiro atoms. The number of rotatable bonds is 0. The molecular formula is C10H16N2. The zero-order valence-corrected chi connectivity index (χ0v) is 7.71. The Morgan fingerprint density at radius 2 is 2.25 bits per heavy atom. The van der Waals surface area contributed by atoms with Gasteiger partial charge in [0.25, 0.3) is 0 Å². The monoisotopic (exact) mass is 164 g/mol. The molecule has 2 rings (SSSR count). The smallest absolute Gasteiger partial charge is 0.109 e. The highest BCUT2D eigenvalue weighted by atomic mass is 15.2. The minimum atomic E-state index is -0.0579. The summed E-state index contributed by atoms with van der Waals surface area (Å²) < 4.78 is 0. The molecule has 0 aromatic heterocycles. The fourth-order valence-electron chi connectivity index (χ4n) is 2.75. The second-order valence-electron chi connectivity index (χ2n) is 4.18. The maximum Gasteiger partial charge on any atom is 0.109 e. The summed E-state index contributed by atoms with van der Waals surface area (Å²) in [6.45, 7) is 3.40. The zero-order chi connectivity index (χ0) is 8.60. The van der Waals surface area contributed by atoms with E-state index in [4.69, 9.17) is 0 Å². The second-order valence-corrected chi connectivity index (χ2v) is 4.18. The van der Waals surface area contributed by atoms with E-state index in [9.17, 15) is 5.26 Å². The van der Waals surface area contributed by atoms with Crippen LogP contribution < -0.4 is 0 Å². The number of nitrogens with zero attached hydrogens (tertiary/aromatic N) is 2. The van der Waals surface area contributed by atoms with E-state index >= 15 is 0 Å². The topological polar surface area (TPSA) is 27.0 Å². The maximum atomic E-state index is 9.18. The van der Waals surface area contributed by atoms with Crippen molar-refractivity contribution in [2.75, 3.05) is 6.54 Å². The van der Waals surface area contributed by atoms with Crippen molar-refractivity contribution in [3.8, 4) is 6.07 Å². The molecule has 2 aliphatic heterocycles. The van der Waals surface area contributed by atoms with Crippen molar-refractivity contribution in [1.82, 2.24) is 4.90 Å². The number of nitriles is 1. The van der Waals surface area contributed by atoms with Crippen LogP contribution >= 0.6 is 0 Å². The molecule has 2 nitrogen and oxygen atoms in total. The molecule has 12 heavy (non-hydrogen) atoms. The Kier molecular flexibility index (Phi) is 1.84. The molecule has 0 saturated carbocycles. The molecule has 66 valence electrons. The van der Waals surface area contributed by atoms with Gasteiger partial charge in [0.2, 0.25) is 0 Å². The van der Waals surface area contributed by atoms with Crippen LogP contribution in [0, 0.1) is 11.3 Å². The fraction of sp³-hybridized carbons (Fsp3) is 0.900. The summed E-state index contributed by atoms with van der Waals surface area (Å²) in [4.78, 5) is 2.43. The molecule has 0 radical (unpaired) electrons. The predicted octanol–water partition coefficient (Wildman–Crippen LogP) is 1.92. The molecule has 0 aliphatic carbocycles. The highest BCUT2D eigenvalue weighted by Crippen LogP contribution is 2.40. The Morgan fingerprint density at radius 1 is 1.42 bits per heavy atom. The summed E-state index contributed by atoms with van der Waals surface area (Å²) in [5.74, 6) is 0. The molecule has 2 aliphatic rings. The first-order valence-corrected chi connectivity index (χ1v) is 4.96. The molecule has 2 heterocycles. The lowest BCUT2D eigenvalue weighted by Crippen LogP contribution is -2.48. The standard InChI is InChI=1S/C10H16N2/c1-9-4-6-10(8-11)5-2-3-7-12(9)10/h9H,2-7H2,1H3. The van der Waals surface area contributed by atoms with Crippen LogP contribution in [0.5, 0.6) is 0 Å². The second kappa shape index (κ2) is 2.74. The summed E-state index contributed by atoms with van der Waals surface area (Å²) in [5.41, 5.74) is -0.0579. The summed E-state index contributed by atoms with van der Waals surface area (Å²) in [7, 11) is 0. The zero-order valence-electron chi connectivity index (χ0n) is 7.71. The van der Waals surface area contributed by atoms with Crippen LogP contribution in [-0.4, -0.2) is 23.0 Å². The van der Waals surface area contributed by atoms with Gasteiger partial charge < -0.3 is 0 Å². The van der Waals surface area contributed by atoms with Gasteiger partial charge in [-0.15, -0.1) is 0 Å². The van der Waals surface area contributed by atoms with Crippen LogP contribution in [0.2, 0.25) is 0 Å². The molecule has 0 amide bonds. The van der Waals surface area contributed by atoms with Crippen LogP contribution in [-0.2, 0) is 0 Å². The quantitative estimate of drug-likeness (QED) is 0.547. The van der Waals surface area contributed by atoms with Gasteiger partial charge in [0.05, 0.1) is 6.07 Å². The first kappa shape index (κ1) is 8.07. The van der Waals surface area contributed by atoms with Crippen LogP contribution in [0.3, 0.4) is 0 Å². The summed E-state index contributed by atoms with van der Waals surface area (Å²) in [6.07, 6.45) is 5.95. The average Bonchev–Trinajstić information content (AvgIpc) is 2.46. The van der Waals surface area contributed by atoms with Crippen molar-refractivity contribution >= 4 is 0 Å². The minimum absolute atomic E-state index is 0.0579. The van der Waals surface area contributed by atoms with Gasteiger partial charge in [-0.3, -0.25) is 4.90 Å². The highest BCUT2D eigenvalue weighted by Gasteiger charge is 2.45.